The van der Waals surface area contributed by atoms with Crippen LogP contribution in [0, 0.1) is 0 Å². The molecule has 10 heteroatoms. The predicted octanol–water partition coefficient (Wildman–Crippen LogP) is 1.81. The van der Waals surface area contributed by atoms with E-state index in [1.807, 2.05) is 9.80 Å². The number of hydrogen-bond acceptors (Lipinski definition) is 6. The molecule has 1 N–H and O–H groups in total. The maximum absolute atomic E-state index is 12.5. The van der Waals surface area contributed by atoms with E-state index in [-0.39, 0.29) is 30.3 Å². The number of nitrogens with zero attached hydrogens (tertiary/aromatic N) is 4. The molecular formula is C18H20F3N5O2. The number of amides is 1. The molecule has 2 heterocycles. The van der Waals surface area contributed by atoms with Gasteiger partial charge in [0, 0.05) is 50.7 Å². The third kappa shape index (κ3) is 5.81. The number of benzene rings is 1. The highest BCUT2D eigenvalue weighted by Crippen LogP contribution is 2.26. The molecule has 150 valence electrons. The van der Waals surface area contributed by atoms with Gasteiger partial charge < -0.3 is 15.0 Å². The van der Waals surface area contributed by atoms with Crippen LogP contribution in [0.3, 0.4) is 0 Å². The molecule has 0 aliphatic carbocycles. The Morgan fingerprint density at radius 1 is 1.07 bits per heavy atom. The number of hydrogen-bond donors (Lipinski definition) is 1. The van der Waals surface area contributed by atoms with Crippen molar-refractivity contribution in [1.82, 2.24) is 20.2 Å². The molecule has 0 bridgehead atoms. The molecular weight excluding hydrogens is 375 g/mol. The topological polar surface area (TPSA) is 70.6 Å². The van der Waals surface area contributed by atoms with Crippen LogP contribution in [-0.2, 0) is 11.3 Å². The standard InChI is InChI=1S/C18H20F3N5O2/c19-18(20,21)28-15-5-2-1-4-14(15)12-24-16(27)13-25-8-10-26(11-9-25)17-22-6-3-7-23-17/h1-7H,8-13H2,(H,24,27). The summed E-state index contributed by atoms with van der Waals surface area (Å²) in [5.74, 6) is 0.0888. The van der Waals surface area contributed by atoms with E-state index < -0.39 is 6.36 Å². The van der Waals surface area contributed by atoms with Gasteiger partial charge in [-0.3, -0.25) is 9.69 Å². The smallest absolute Gasteiger partial charge is 0.405 e. The number of carbonyl (C=O) groups is 1. The molecule has 1 aromatic carbocycles. The lowest BCUT2D eigenvalue weighted by atomic mass is 10.2. The molecule has 1 amide bonds. The first kappa shape index (κ1) is 19.9. The summed E-state index contributed by atoms with van der Waals surface area (Å²) >= 11 is 0. The number of nitrogens with one attached hydrogen (secondary N) is 1. The van der Waals surface area contributed by atoms with Gasteiger partial charge in [-0.25, -0.2) is 9.97 Å². The molecule has 1 fully saturated rings. The van der Waals surface area contributed by atoms with Gasteiger partial charge >= 0.3 is 6.36 Å². The second-order valence-electron chi connectivity index (χ2n) is 6.24. The quantitative estimate of drug-likeness (QED) is 0.805. The van der Waals surface area contributed by atoms with Crippen molar-refractivity contribution >= 4 is 11.9 Å². The van der Waals surface area contributed by atoms with Crippen molar-refractivity contribution < 1.29 is 22.7 Å². The molecule has 1 aliphatic heterocycles. The number of carbonyl (C=O) groups excluding carboxylic acids is 1. The van der Waals surface area contributed by atoms with Gasteiger partial charge in [-0.2, -0.15) is 0 Å². The number of alkyl halides is 3. The van der Waals surface area contributed by atoms with Crippen molar-refractivity contribution in [3.05, 3.63) is 48.3 Å². The monoisotopic (exact) mass is 395 g/mol. The largest absolute Gasteiger partial charge is 0.573 e. The molecule has 1 aromatic heterocycles. The Morgan fingerprint density at radius 2 is 1.75 bits per heavy atom. The van der Waals surface area contributed by atoms with Gasteiger partial charge in [-0.1, -0.05) is 18.2 Å². The van der Waals surface area contributed by atoms with Crippen LogP contribution in [0.1, 0.15) is 5.56 Å². The summed E-state index contributed by atoms with van der Waals surface area (Å²) in [5.41, 5.74) is 0.263. The van der Waals surface area contributed by atoms with Crippen molar-refractivity contribution in [2.45, 2.75) is 12.9 Å². The predicted molar refractivity (Wildman–Crippen MR) is 95.7 cm³/mol. The molecule has 1 aliphatic rings. The lowest BCUT2D eigenvalue weighted by molar-refractivity contribution is -0.274. The molecule has 0 spiro atoms. The number of piperazine rings is 1. The number of aromatic nitrogens is 2. The molecule has 2 aromatic rings. The van der Waals surface area contributed by atoms with Crippen LogP contribution in [0.4, 0.5) is 19.1 Å². The first-order valence-corrected chi connectivity index (χ1v) is 8.75. The van der Waals surface area contributed by atoms with Gasteiger partial charge in [-0.15, -0.1) is 13.2 Å². The van der Waals surface area contributed by atoms with Crippen molar-refractivity contribution in [3.8, 4) is 5.75 Å². The van der Waals surface area contributed by atoms with Gasteiger partial charge in [0.2, 0.25) is 11.9 Å². The number of rotatable bonds is 6. The van der Waals surface area contributed by atoms with E-state index in [1.54, 1.807) is 24.5 Å². The van der Waals surface area contributed by atoms with E-state index in [9.17, 15) is 18.0 Å². The first-order valence-electron chi connectivity index (χ1n) is 8.75. The Labute approximate surface area is 160 Å². The van der Waals surface area contributed by atoms with Crippen molar-refractivity contribution in [2.24, 2.45) is 0 Å². The van der Waals surface area contributed by atoms with Crippen LogP contribution < -0.4 is 15.0 Å². The van der Waals surface area contributed by atoms with Crippen LogP contribution in [0.5, 0.6) is 5.75 Å². The normalized spacial score (nSPS) is 15.3. The third-order valence-electron chi connectivity index (χ3n) is 4.25. The lowest BCUT2D eigenvalue weighted by Crippen LogP contribution is -2.49. The fraction of sp³-hybridized carbons (Fsp3) is 0.389. The SMILES string of the molecule is O=C(CN1CCN(c2ncccn2)CC1)NCc1ccccc1OC(F)(F)F. The summed E-state index contributed by atoms with van der Waals surface area (Å²) in [5, 5.41) is 2.65. The van der Waals surface area contributed by atoms with Gasteiger partial charge in [0.1, 0.15) is 5.75 Å². The zero-order valence-electron chi connectivity index (χ0n) is 15.0. The lowest BCUT2D eigenvalue weighted by Gasteiger charge is -2.34. The average Bonchev–Trinajstić information content (AvgIpc) is 2.67. The maximum Gasteiger partial charge on any atom is 0.573 e. The van der Waals surface area contributed by atoms with Crippen LogP contribution in [0.25, 0.3) is 0 Å². The summed E-state index contributed by atoms with van der Waals surface area (Å²) in [7, 11) is 0. The van der Waals surface area contributed by atoms with Crippen molar-refractivity contribution in [1.29, 1.82) is 0 Å². The van der Waals surface area contributed by atoms with Gasteiger partial charge in [0.25, 0.3) is 0 Å². The highest BCUT2D eigenvalue weighted by Gasteiger charge is 2.32. The Hall–Kier alpha value is -2.88. The van der Waals surface area contributed by atoms with Crippen LogP contribution in [0.15, 0.2) is 42.7 Å². The van der Waals surface area contributed by atoms with Crippen LogP contribution in [-0.4, -0.2) is 59.9 Å². The van der Waals surface area contributed by atoms with E-state index >= 15 is 0 Å². The number of para-hydroxylation sites is 1. The third-order valence-corrected chi connectivity index (χ3v) is 4.25. The number of ether oxygens (including phenoxy) is 1. The van der Waals surface area contributed by atoms with E-state index in [0.717, 1.165) is 0 Å². The fourth-order valence-corrected chi connectivity index (χ4v) is 2.89. The second-order valence-corrected chi connectivity index (χ2v) is 6.24. The zero-order chi connectivity index (χ0) is 20.0. The molecule has 0 saturated carbocycles. The number of anilines is 1. The van der Waals surface area contributed by atoms with Gasteiger partial charge in [-0.05, 0) is 12.1 Å². The maximum atomic E-state index is 12.5. The molecule has 0 unspecified atom stereocenters. The van der Waals surface area contributed by atoms with Crippen LogP contribution >= 0.6 is 0 Å². The van der Waals surface area contributed by atoms with E-state index in [1.165, 1.54) is 18.2 Å². The Bertz CT molecular complexity index is 780. The minimum atomic E-state index is -4.78. The molecule has 0 atom stereocenters. The summed E-state index contributed by atoms with van der Waals surface area (Å²) in [6.07, 6.45) is -1.41. The Morgan fingerprint density at radius 3 is 2.43 bits per heavy atom. The van der Waals surface area contributed by atoms with E-state index in [4.69, 9.17) is 0 Å². The second kappa shape index (κ2) is 8.87. The summed E-state index contributed by atoms with van der Waals surface area (Å²) in [4.78, 5) is 24.6. The number of halogens is 3. The minimum absolute atomic E-state index is 0.0388. The zero-order valence-corrected chi connectivity index (χ0v) is 15.0. The summed E-state index contributed by atoms with van der Waals surface area (Å²) in [6.45, 7) is 2.85. The Balaban J connectivity index is 1.46. The Kier molecular flexibility index (Phi) is 6.30. The van der Waals surface area contributed by atoms with Gasteiger partial charge in [0.05, 0.1) is 6.54 Å². The molecule has 7 nitrogen and oxygen atoms in total. The molecule has 28 heavy (non-hydrogen) atoms. The molecule has 0 radical (unpaired) electrons. The van der Waals surface area contributed by atoms with E-state index in [0.29, 0.717) is 32.1 Å². The first-order chi connectivity index (χ1) is 13.4. The molecule has 3 rings (SSSR count). The van der Waals surface area contributed by atoms with E-state index in [2.05, 4.69) is 20.0 Å². The summed E-state index contributed by atoms with van der Waals surface area (Å²) in [6, 6.07) is 7.50. The van der Waals surface area contributed by atoms with Gasteiger partial charge in [0.15, 0.2) is 0 Å². The average molecular weight is 395 g/mol. The summed E-state index contributed by atoms with van der Waals surface area (Å²) < 4.78 is 41.4. The minimum Gasteiger partial charge on any atom is -0.405 e. The highest BCUT2D eigenvalue weighted by atomic mass is 19.4. The highest BCUT2D eigenvalue weighted by molar-refractivity contribution is 5.78. The molecule has 1 saturated heterocycles. The van der Waals surface area contributed by atoms with Crippen molar-refractivity contribution in [2.75, 3.05) is 37.6 Å². The van der Waals surface area contributed by atoms with Crippen molar-refractivity contribution in [3.63, 3.8) is 0 Å². The van der Waals surface area contributed by atoms with Crippen LogP contribution in [0.2, 0.25) is 0 Å². The fourth-order valence-electron chi connectivity index (χ4n) is 2.89.